The second-order valence-electron chi connectivity index (χ2n) is 5.12. The number of hydrogen-bond acceptors (Lipinski definition) is 2. The van der Waals surface area contributed by atoms with Crippen molar-refractivity contribution in [2.24, 2.45) is 5.73 Å². The zero-order valence-corrected chi connectivity index (χ0v) is 11.9. The van der Waals surface area contributed by atoms with E-state index in [1.165, 1.54) is 10.5 Å². The Bertz CT molecular complexity index is 817. The highest BCUT2D eigenvalue weighted by atomic mass is 19.4. The predicted octanol–water partition coefficient (Wildman–Crippen LogP) is 3.79. The van der Waals surface area contributed by atoms with Gasteiger partial charge in [-0.2, -0.15) is 13.2 Å². The smallest absolute Gasteiger partial charge is 0.325 e. The van der Waals surface area contributed by atoms with E-state index < -0.39 is 11.7 Å². The van der Waals surface area contributed by atoms with Crippen molar-refractivity contribution in [2.75, 3.05) is 0 Å². The Morgan fingerprint density at radius 1 is 1.09 bits per heavy atom. The zero-order chi connectivity index (χ0) is 15.9. The summed E-state index contributed by atoms with van der Waals surface area (Å²) in [5.74, 6) is 0. The molecule has 0 radical (unpaired) electrons. The van der Waals surface area contributed by atoms with E-state index in [4.69, 9.17) is 5.73 Å². The molecule has 22 heavy (non-hydrogen) atoms. The maximum Gasteiger partial charge on any atom is 0.417 e. The van der Waals surface area contributed by atoms with Gasteiger partial charge in [0.1, 0.15) is 5.65 Å². The topological polar surface area (TPSA) is 43.3 Å². The molecule has 6 heteroatoms. The lowest BCUT2D eigenvalue weighted by molar-refractivity contribution is -0.137. The van der Waals surface area contributed by atoms with Gasteiger partial charge in [-0.15, -0.1) is 0 Å². The Kier molecular flexibility index (Phi) is 3.41. The zero-order valence-electron chi connectivity index (χ0n) is 11.9. The van der Waals surface area contributed by atoms with Crippen molar-refractivity contribution in [1.82, 2.24) is 9.38 Å². The Hall–Kier alpha value is -2.34. The number of aryl methyl sites for hydroxylation is 1. The van der Waals surface area contributed by atoms with Crippen LogP contribution in [0.3, 0.4) is 0 Å². The molecule has 0 saturated heterocycles. The van der Waals surface area contributed by atoms with E-state index in [-0.39, 0.29) is 6.54 Å². The molecular weight excluding hydrogens is 291 g/mol. The highest BCUT2D eigenvalue weighted by Crippen LogP contribution is 2.31. The van der Waals surface area contributed by atoms with Gasteiger partial charge in [0.15, 0.2) is 0 Å². The summed E-state index contributed by atoms with van der Waals surface area (Å²) in [5, 5.41) is 0. The van der Waals surface area contributed by atoms with Crippen LogP contribution in [-0.4, -0.2) is 9.38 Å². The van der Waals surface area contributed by atoms with Gasteiger partial charge in [-0.05, 0) is 19.1 Å². The van der Waals surface area contributed by atoms with Crippen LogP contribution in [0.5, 0.6) is 0 Å². The molecule has 0 aliphatic heterocycles. The van der Waals surface area contributed by atoms with E-state index in [0.717, 1.165) is 23.4 Å². The minimum absolute atomic E-state index is 0.103. The minimum Gasteiger partial charge on any atom is -0.325 e. The van der Waals surface area contributed by atoms with Crippen LogP contribution >= 0.6 is 0 Å². The summed E-state index contributed by atoms with van der Waals surface area (Å²) in [4.78, 5) is 4.42. The van der Waals surface area contributed by atoms with Gasteiger partial charge in [-0.3, -0.25) is 0 Å². The number of imidazole rings is 1. The summed E-state index contributed by atoms with van der Waals surface area (Å²) in [6.45, 7) is 2.07. The first-order chi connectivity index (χ1) is 10.4. The van der Waals surface area contributed by atoms with E-state index in [2.05, 4.69) is 4.98 Å². The Morgan fingerprint density at radius 3 is 2.36 bits per heavy atom. The van der Waals surface area contributed by atoms with Crippen LogP contribution in [-0.2, 0) is 12.7 Å². The lowest BCUT2D eigenvalue weighted by Crippen LogP contribution is -2.08. The maximum absolute atomic E-state index is 12.9. The quantitative estimate of drug-likeness (QED) is 0.783. The van der Waals surface area contributed by atoms with Gasteiger partial charge in [-0.25, -0.2) is 4.98 Å². The van der Waals surface area contributed by atoms with Gasteiger partial charge in [0.25, 0.3) is 0 Å². The molecule has 3 nitrogen and oxygen atoms in total. The largest absolute Gasteiger partial charge is 0.417 e. The third-order valence-electron chi connectivity index (χ3n) is 3.56. The summed E-state index contributed by atoms with van der Waals surface area (Å²) in [6, 6.07) is 10.0. The highest BCUT2D eigenvalue weighted by molar-refractivity contribution is 5.67. The molecule has 3 aromatic rings. The molecule has 0 aliphatic carbocycles. The van der Waals surface area contributed by atoms with Crippen molar-refractivity contribution in [3.05, 3.63) is 59.4 Å². The fourth-order valence-electron chi connectivity index (χ4n) is 2.40. The maximum atomic E-state index is 12.9. The number of nitrogens with two attached hydrogens (primary N) is 1. The molecule has 3 rings (SSSR count). The minimum atomic E-state index is -4.39. The van der Waals surface area contributed by atoms with E-state index in [9.17, 15) is 13.2 Å². The predicted molar refractivity (Wildman–Crippen MR) is 78.3 cm³/mol. The van der Waals surface area contributed by atoms with Crippen molar-refractivity contribution in [2.45, 2.75) is 19.6 Å². The number of pyridine rings is 1. The first-order valence-electron chi connectivity index (χ1n) is 6.75. The van der Waals surface area contributed by atoms with Crippen molar-refractivity contribution in [3.8, 4) is 11.3 Å². The number of hydrogen-bond donors (Lipinski definition) is 1. The Labute approximate surface area is 125 Å². The number of halogens is 3. The normalized spacial score (nSPS) is 12.0. The molecule has 2 N–H and O–H groups in total. The number of benzene rings is 1. The number of fused-ring (bicyclic) bond motifs is 1. The van der Waals surface area contributed by atoms with Gasteiger partial charge in [0.2, 0.25) is 0 Å². The third kappa shape index (κ3) is 2.46. The highest BCUT2D eigenvalue weighted by Gasteiger charge is 2.31. The molecular formula is C16H14F3N3. The molecule has 0 unspecified atom stereocenters. The van der Waals surface area contributed by atoms with Crippen molar-refractivity contribution < 1.29 is 13.2 Å². The fourth-order valence-corrected chi connectivity index (χ4v) is 2.40. The molecule has 2 heterocycles. The van der Waals surface area contributed by atoms with Crippen LogP contribution in [0.4, 0.5) is 13.2 Å². The van der Waals surface area contributed by atoms with Gasteiger partial charge < -0.3 is 10.1 Å². The van der Waals surface area contributed by atoms with Crippen LogP contribution in [0.1, 0.15) is 16.8 Å². The van der Waals surface area contributed by atoms with Crippen molar-refractivity contribution >= 4 is 5.65 Å². The second kappa shape index (κ2) is 5.14. The van der Waals surface area contributed by atoms with Gasteiger partial charge in [0.05, 0.1) is 17.0 Å². The summed E-state index contributed by atoms with van der Waals surface area (Å²) < 4.78 is 40.0. The summed E-state index contributed by atoms with van der Waals surface area (Å²) >= 11 is 0. The molecule has 0 saturated carbocycles. The molecule has 114 valence electrons. The molecule has 0 bridgehead atoms. The molecule has 0 amide bonds. The first-order valence-corrected chi connectivity index (χ1v) is 6.75. The van der Waals surface area contributed by atoms with E-state index in [1.54, 1.807) is 0 Å². The molecule has 0 spiro atoms. The van der Waals surface area contributed by atoms with Crippen LogP contribution in [0.2, 0.25) is 0 Å². The van der Waals surface area contributed by atoms with E-state index >= 15 is 0 Å². The fraction of sp³-hybridized carbons (Fsp3) is 0.188. The van der Waals surface area contributed by atoms with Crippen molar-refractivity contribution in [1.29, 1.82) is 0 Å². The standard InChI is InChI=1S/C16H14F3N3/c1-10-2-4-11(5-3-10)15-13(8-20)22-9-12(16(17,18)19)6-7-14(22)21-15/h2-7,9H,8,20H2,1H3. The lowest BCUT2D eigenvalue weighted by atomic mass is 10.1. The first kappa shape index (κ1) is 14.6. The number of rotatable bonds is 2. The second-order valence-corrected chi connectivity index (χ2v) is 5.12. The van der Waals surface area contributed by atoms with Crippen LogP contribution < -0.4 is 5.73 Å². The van der Waals surface area contributed by atoms with E-state index in [1.807, 2.05) is 31.2 Å². The Balaban J connectivity index is 2.22. The van der Waals surface area contributed by atoms with Gasteiger partial charge >= 0.3 is 6.18 Å². The number of aromatic nitrogens is 2. The van der Waals surface area contributed by atoms with Gasteiger partial charge in [0, 0.05) is 18.3 Å². The Morgan fingerprint density at radius 2 is 1.77 bits per heavy atom. The van der Waals surface area contributed by atoms with E-state index in [0.29, 0.717) is 17.0 Å². The third-order valence-corrected chi connectivity index (χ3v) is 3.56. The molecule has 0 aliphatic rings. The number of alkyl halides is 3. The molecule has 2 aromatic heterocycles. The monoisotopic (exact) mass is 305 g/mol. The summed E-state index contributed by atoms with van der Waals surface area (Å²) in [5.41, 5.74) is 8.58. The SMILES string of the molecule is Cc1ccc(-c2nc3ccc(C(F)(F)F)cn3c2CN)cc1. The van der Waals surface area contributed by atoms with Crippen molar-refractivity contribution in [3.63, 3.8) is 0 Å². The van der Waals surface area contributed by atoms with Crippen LogP contribution in [0.25, 0.3) is 16.9 Å². The molecule has 1 aromatic carbocycles. The van der Waals surface area contributed by atoms with Crippen LogP contribution in [0, 0.1) is 6.92 Å². The average Bonchev–Trinajstić information content (AvgIpc) is 2.84. The summed E-state index contributed by atoms with van der Waals surface area (Å²) in [6.07, 6.45) is -3.35. The molecule has 0 fully saturated rings. The van der Waals surface area contributed by atoms with Crippen LogP contribution in [0.15, 0.2) is 42.6 Å². The van der Waals surface area contributed by atoms with Gasteiger partial charge in [-0.1, -0.05) is 29.8 Å². The number of nitrogens with zero attached hydrogens (tertiary/aromatic N) is 2. The molecule has 0 atom stereocenters. The average molecular weight is 305 g/mol. The lowest BCUT2D eigenvalue weighted by Gasteiger charge is -2.08. The summed E-state index contributed by atoms with van der Waals surface area (Å²) in [7, 11) is 0.